The van der Waals surface area contributed by atoms with Crippen molar-refractivity contribution in [1.29, 1.82) is 0 Å². The molecule has 2 nitrogen and oxygen atoms in total. The molecule has 1 heterocycles. The third kappa shape index (κ3) is 3.27. The molecule has 0 spiro atoms. The van der Waals surface area contributed by atoms with Crippen LogP contribution in [0.1, 0.15) is 27.7 Å². The Morgan fingerprint density at radius 3 is 1.91 bits per heavy atom. The van der Waals surface area contributed by atoms with Gasteiger partial charge in [-0.15, -0.1) is 0 Å². The molecule has 2 aromatic carbocycles. The highest BCUT2D eigenvalue weighted by Crippen LogP contribution is 2.45. The number of hydrogen-bond donors (Lipinski definition) is 0. The van der Waals surface area contributed by atoms with Gasteiger partial charge < -0.3 is 9.39 Å². The molecule has 3 rings (SSSR count). The molecule has 2 aromatic rings. The molecule has 0 saturated carbocycles. The van der Waals surface area contributed by atoms with Gasteiger partial charge in [-0.3, -0.25) is 0 Å². The molecule has 0 atom stereocenters. The van der Waals surface area contributed by atoms with Crippen LogP contribution in [0.4, 0.5) is 4.39 Å². The molecular weight excluding hydrogens is 290 g/mol. The van der Waals surface area contributed by atoms with E-state index in [0.29, 0.717) is 5.75 Å². The highest BCUT2D eigenvalue weighted by atomic mass is 19.1. The fourth-order valence-corrected chi connectivity index (χ4v) is 2.84. The van der Waals surface area contributed by atoms with Crippen LogP contribution in [0.3, 0.4) is 0 Å². The van der Waals surface area contributed by atoms with E-state index in [9.17, 15) is 4.39 Å². The molecule has 120 valence electrons. The molecule has 0 bridgehead atoms. The van der Waals surface area contributed by atoms with Gasteiger partial charge in [0.2, 0.25) is 0 Å². The monoisotopic (exact) mass is 312 g/mol. The molecule has 0 aliphatic carbocycles. The topological polar surface area (TPSA) is 18.5 Å². The Hall–Kier alpha value is -1.81. The lowest BCUT2D eigenvalue weighted by Gasteiger charge is -2.34. The quantitative estimate of drug-likeness (QED) is 0.768. The van der Waals surface area contributed by atoms with E-state index < -0.39 is 0 Å². The van der Waals surface area contributed by atoms with Crippen LogP contribution in [0.2, 0.25) is 6.32 Å². The third-order valence-electron chi connectivity index (χ3n) is 5.06. The van der Waals surface area contributed by atoms with Crippen molar-refractivity contribution in [3.05, 3.63) is 54.3 Å². The second kappa shape index (κ2) is 5.68. The van der Waals surface area contributed by atoms with Crippen LogP contribution in [0.5, 0.6) is 11.5 Å². The Morgan fingerprint density at radius 2 is 1.43 bits per heavy atom. The van der Waals surface area contributed by atoms with Gasteiger partial charge in [-0.1, -0.05) is 26.0 Å². The molecule has 1 aliphatic heterocycles. The first-order valence-corrected chi connectivity index (χ1v) is 7.98. The Labute approximate surface area is 137 Å². The summed E-state index contributed by atoms with van der Waals surface area (Å²) in [5, 5.41) is 0. The molecular formula is C19H22BFO2. The van der Waals surface area contributed by atoms with Crippen LogP contribution < -0.4 is 10.2 Å². The van der Waals surface area contributed by atoms with Crippen LogP contribution in [0.25, 0.3) is 0 Å². The Morgan fingerprint density at radius 1 is 0.913 bits per heavy atom. The van der Waals surface area contributed by atoms with Crippen LogP contribution >= 0.6 is 0 Å². The highest BCUT2D eigenvalue weighted by molar-refractivity contribution is 6.68. The molecule has 1 saturated heterocycles. The van der Waals surface area contributed by atoms with Gasteiger partial charge in [-0.2, -0.15) is 0 Å². The second-order valence-electron chi connectivity index (χ2n) is 7.33. The van der Waals surface area contributed by atoms with Gasteiger partial charge in [0.25, 0.3) is 0 Å². The summed E-state index contributed by atoms with van der Waals surface area (Å²) in [7, 11) is 0. The Bertz CT molecular complexity index is 662. The van der Waals surface area contributed by atoms with E-state index in [4.69, 9.17) is 9.39 Å². The average Bonchev–Trinajstić information content (AvgIpc) is 2.71. The van der Waals surface area contributed by atoms with Crippen molar-refractivity contribution in [3.63, 3.8) is 0 Å². The number of rotatable bonds is 3. The highest BCUT2D eigenvalue weighted by Gasteiger charge is 2.49. The summed E-state index contributed by atoms with van der Waals surface area (Å²) >= 11 is 0. The third-order valence-corrected chi connectivity index (χ3v) is 5.06. The summed E-state index contributed by atoms with van der Waals surface area (Å²) in [4.78, 5) is 0. The number of benzene rings is 2. The van der Waals surface area contributed by atoms with Crippen LogP contribution in [-0.4, -0.2) is 12.5 Å². The molecule has 0 N–H and O–H groups in total. The van der Waals surface area contributed by atoms with Crippen LogP contribution in [0.15, 0.2) is 48.5 Å². The van der Waals surface area contributed by atoms with E-state index >= 15 is 0 Å². The SMILES string of the molecule is CC1(C)CB(c2ccc(Oc3ccc(F)cc3)cc2)OC1(C)C. The maximum absolute atomic E-state index is 12.9. The first-order valence-electron chi connectivity index (χ1n) is 7.98. The maximum Gasteiger partial charge on any atom is 0.327 e. The number of ether oxygens (including phenoxy) is 1. The van der Waals surface area contributed by atoms with Gasteiger partial charge in [0.15, 0.2) is 0 Å². The van der Waals surface area contributed by atoms with Crippen molar-refractivity contribution in [3.8, 4) is 11.5 Å². The number of hydrogen-bond acceptors (Lipinski definition) is 2. The summed E-state index contributed by atoms with van der Waals surface area (Å²) in [5.74, 6) is 1.09. The van der Waals surface area contributed by atoms with Crippen molar-refractivity contribution in [2.24, 2.45) is 5.41 Å². The predicted molar refractivity (Wildman–Crippen MR) is 92.1 cm³/mol. The molecule has 1 aliphatic rings. The normalized spacial score (nSPS) is 18.9. The molecule has 23 heavy (non-hydrogen) atoms. The Balaban J connectivity index is 1.72. The molecule has 4 heteroatoms. The molecule has 0 unspecified atom stereocenters. The lowest BCUT2D eigenvalue weighted by Crippen LogP contribution is -2.36. The maximum atomic E-state index is 12.9. The zero-order chi connectivity index (χ0) is 16.7. The summed E-state index contributed by atoms with van der Waals surface area (Å²) in [6.45, 7) is 8.91. The summed E-state index contributed by atoms with van der Waals surface area (Å²) < 4.78 is 24.9. The van der Waals surface area contributed by atoms with E-state index in [0.717, 1.165) is 17.5 Å². The number of halogens is 1. The van der Waals surface area contributed by atoms with E-state index in [-0.39, 0.29) is 23.7 Å². The zero-order valence-electron chi connectivity index (χ0n) is 14.1. The summed E-state index contributed by atoms with van der Waals surface area (Å²) in [6, 6.07) is 14.0. The molecule has 1 fully saturated rings. The van der Waals surface area contributed by atoms with E-state index in [1.54, 1.807) is 12.1 Å². The van der Waals surface area contributed by atoms with E-state index in [2.05, 4.69) is 27.7 Å². The van der Waals surface area contributed by atoms with Gasteiger partial charge >= 0.3 is 6.92 Å². The Kier molecular flexibility index (Phi) is 3.97. The minimum atomic E-state index is -0.267. The van der Waals surface area contributed by atoms with Gasteiger partial charge in [0.05, 0.1) is 5.60 Å². The standard InChI is InChI=1S/C19H22BFO2/c1-18(2)13-20(23-19(18,3)4)14-5-9-16(10-6-14)22-17-11-7-15(21)8-12-17/h5-12H,13H2,1-4H3. The van der Waals surface area contributed by atoms with Crippen molar-refractivity contribution in [1.82, 2.24) is 0 Å². The summed E-state index contributed by atoms with van der Waals surface area (Å²) in [5.41, 5.74) is 1.16. The van der Waals surface area contributed by atoms with Crippen molar-refractivity contribution < 1.29 is 13.8 Å². The smallest absolute Gasteiger partial charge is 0.327 e. The van der Waals surface area contributed by atoms with Crippen molar-refractivity contribution >= 4 is 12.4 Å². The lowest BCUT2D eigenvalue weighted by atomic mass is 9.54. The van der Waals surface area contributed by atoms with E-state index in [1.165, 1.54) is 12.1 Å². The lowest BCUT2D eigenvalue weighted by molar-refractivity contribution is 0.0375. The minimum absolute atomic E-state index is 0.111. The fourth-order valence-electron chi connectivity index (χ4n) is 2.84. The van der Waals surface area contributed by atoms with Gasteiger partial charge in [0, 0.05) is 0 Å². The van der Waals surface area contributed by atoms with Crippen LogP contribution in [-0.2, 0) is 4.65 Å². The van der Waals surface area contributed by atoms with Crippen molar-refractivity contribution in [2.45, 2.75) is 39.6 Å². The average molecular weight is 312 g/mol. The van der Waals surface area contributed by atoms with Crippen molar-refractivity contribution in [2.75, 3.05) is 0 Å². The molecule has 0 amide bonds. The largest absolute Gasteiger partial charge is 0.457 e. The molecule has 0 radical (unpaired) electrons. The first-order chi connectivity index (χ1) is 10.8. The predicted octanol–water partition coefficient (Wildman–Crippen LogP) is 4.65. The van der Waals surface area contributed by atoms with Crippen LogP contribution in [0, 0.1) is 11.2 Å². The van der Waals surface area contributed by atoms with Gasteiger partial charge in [-0.05, 0) is 67.4 Å². The molecule has 0 aromatic heterocycles. The minimum Gasteiger partial charge on any atom is -0.457 e. The fraction of sp³-hybridized carbons (Fsp3) is 0.368. The van der Waals surface area contributed by atoms with Gasteiger partial charge in [0.1, 0.15) is 17.3 Å². The first kappa shape index (κ1) is 16.1. The second-order valence-corrected chi connectivity index (χ2v) is 7.33. The van der Waals surface area contributed by atoms with Gasteiger partial charge in [-0.25, -0.2) is 4.39 Å². The zero-order valence-corrected chi connectivity index (χ0v) is 14.1. The summed E-state index contributed by atoms with van der Waals surface area (Å²) in [6.07, 6.45) is 0.998. The van der Waals surface area contributed by atoms with E-state index in [1.807, 2.05) is 24.3 Å².